The molecular formula is C13H20N2. The summed E-state index contributed by atoms with van der Waals surface area (Å²) in [4.78, 5) is 0. The van der Waals surface area contributed by atoms with Crippen LogP contribution in [0.25, 0.3) is 0 Å². The quantitative estimate of drug-likeness (QED) is 0.788. The van der Waals surface area contributed by atoms with Gasteiger partial charge in [-0.25, -0.2) is 0 Å². The van der Waals surface area contributed by atoms with Gasteiger partial charge in [0.15, 0.2) is 0 Å². The van der Waals surface area contributed by atoms with E-state index in [9.17, 15) is 0 Å². The highest BCUT2D eigenvalue weighted by atomic mass is 14.7. The molecule has 0 saturated heterocycles. The molecule has 0 spiro atoms. The van der Waals surface area contributed by atoms with Crippen LogP contribution in [0.5, 0.6) is 0 Å². The molecule has 0 heterocycles. The van der Waals surface area contributed by atoms with Gasteiger partial charge in [0.25, 0.3) is 0 Å². The predicted molar refractivity (Wildman–Crippen MR) is 63.6 cm³/mol. The maximum absolute atomic E-state index is 6.16. The zero-order valence-corrected chi connectivity index (χ0v) is 9.37. The summed E-state index contributed by atoms with van der Waals surface area (Å²) < 4.78 is 0. The fraction of sp³-hybridized carbons (Fsp3) is 0.538. The van der Waals surface area contributed by atoms with Crippen LogP contribution in [0, 0.1) is 5.92 Å². The third-order valence-corrected chi connectivity index (χ3v) is 3.49. The summed E-state index contributed by atoms with van der Waals surface area (Å²) in [6, 6.07) is 6.77. The van der Waals surface area contributed by atoms with Crippen molar-refractivity contribution in [3.05, 3.63) is 34.9 Å². The van der Waals surface area contributed by atoms with E-state index in [1.807, 2.05) is 0 Å². The van der Waals surface area contributed by atoms with Crippen molar-refractivity contribution in [1.29, 1.82) is 0 Å². The van der Waals surface area contributed by atoms with Gasteiger partial charge in [0.05, 0.1) is 0 Å². The van der Waals surface area contributed by atoms with Crippen molar-refractivity contribution >= 4 is 0 Å². The highest BCUT2D eigenvalue weighted by molar-refractivity contribution is 5.36. The fourth-order valence-electron chi connectivity index (χ4n) is 2.27. The lowest BCUT2D eigenvalue weighted by molar-refractivity contribution is 0.481. The predicted octanol–water partition coefficient (Wildman–Crippen LogP) is 1.77. The minimum atomic E-state index is 0.0842. The zero-order chi connectivity index (χ0) is 10.8. The van der Waals surface area contributed by atoms with E-state index in [0.29, 0.717) is 12.5 Å². The molecule has 82 valence electrons. The lowest BCUT2D eigenvalue weighted by Crippen LogP contribution is -2.25. The van der Waals surface area contributed by atoms with Crippen LogP contribution in [0.4, 0.5) is 0 Å². The summed E-state index contributed by atoms with van der Waals surface area (Å²) in [5.41, 5.74) is 16.0. The second-order valence-electron chi connectivity index (χ2n) is 4.62. The minimum Gasteiger partial charge on any atom is -0.330 e. The van der Waals surface area contributed by atoms with Gasteiger partial charge in [0.1, 0.15) is 0 Å². The molecule has 2 rings (SSSR count). The van der Waals surface area contributed by atoms with E-state index in [1.54, 1.807) is 0 Å². The Morgan fingerprint density at radius 2 is 2.00 bits per heavy atom. The SMILES string of the molecule is CC(CN)C(N)c1ccc2c(c1)CCC2. The van der Waals surface area contributed by atoms with Gasteiger partial charge in [-0.1, -0.05) is 25.1 Å². The molecule has 1 aliphatic rings. The number of fused-ring (bicyclic) bond motifs is 1. The van der Waals surface area contributed by atoms with Crippen LogP contribution in [0.1, 0.15) is 36.1 Å². The van der Waals surface area contributed by atoms with Gasteiger partial charge in [0, 0.05) is 6.04 Å². The van der Waals surface area contributed by atoms with Crippen molar-refractivity contribution in [3.8, 4) is 0 Å². The van der Waals surface area contributed by atoms with Gasteiger partial charge in [-0.15, -0.1) is 0 Å². The maximum atomic E-state index is 6.16. The first-order valence-corrected chi connectivity index (χ1v) is 5.79. The Morgan fingerprint density at radius 3 is 2.73 bits per heavy atom. The van der Waals surface area contributed by atoms with Crippen molar-refractivity contribution in [3.63, 3.8) is 0 Å². The molecular weight excluding hydrogens is 184 g/mol. The summed E-state index contributed by atoms with van der Waals surface area (Å²) in [7, 11) is 0. The number of benzene rings is 1. The number of aryl methyl sites for hydroxylation is 2. The standard InChI is InChI=1S/C13H20N2/c1-9(8-14)13(15)12-6-5-10-3-2-4-11(10)7-12/h5-7,9,13H,2-4,8,14-15H2,1H3. The molecule has 1 aromatic carbocycles. The number of hydrogen-bond donors (Lipinski definition) is 2. The first kappa shape index (κ1) is 10.7. The lowest BCUT2D eigenvalue weighted by atomic mass is 9.93. The average Bonchev–Trinajstić information content (AvgIpc) is 2.73. The molecule has 2 atom stereocenters. The molecule has 2 heteroatoms. The summed E-state index contributed by atoms with van der Waals surface area (Å²) >= 11 is 0. The monoisotopic (exact) mass is 204 g/mol. The summed E-state index contributed by atoms with van der Waals surface area (Å²) in [6.45, 7) is 2.76. The summed E-state index contributed by atoms with van der Waals surface area (Å²) in [5, 5.41) is 0. The normalized spacial score (nSPS) is 18.6. The Hall–Kier alpha value is -0.860. The first-order valence-electron chi connectivity index (χ1n) is 5.79. The van der Waals surface area contributed by atoms with Crippen molar-refractivity contribution in [2.75, 3.05) is 6.54 Å². The molecule has 4 N–H and O–H groups in total. The molecule has 15 heavy (non-hydrogen) atoms. The summed E-state index contributed by atoms with van der Waals surface area (Å²) in [5.74, 6) is 0.351. The van der Waals surface area contributed by atoms with Gasteiger partial charge in [0.2, 0.25) is 0 Å². The van der Waals surface area contributed by atoms with Crippen molar-refractivity contribution < 1.29 is 0 Å². The third-order valence-electron chi connectivity index (χ3n) is 3.49. The average molecular weight is 204 g/mol. The first-order chi connectivity index (χ1) is 7.22. The van der Waals surface area contributed by atoms with Crippen LogP contribution in [0.2, 0.25) is 0 Å². The number of rotatable bonds is 3. The lowest BCUT2D eigenvalue weighted by Gasteiger charge is -2.19. The zero-order valence-electron chi connectivity index (χ0n) is 9.37. The van der Waals surface area contributed by atoms with Crippen LogP contribution >= 0.6 is 0 Å². The molecule has 0 bridgehead atoms. The van der Waals surface area contributed by atoms with Crippen LogP contribution < -0.4 is 11.5 Å². The van der Waals surface area contributed by atoms with Gasteiger partial charge in [-0.3, -0.25) is 0 Å². The van der Waals surface area contributed by atoms with Crippen molar-refractivity contribution in [2.24, 2.45) is 17.4 Å². The second-order valence-corrected chi connectivity index (χ2v) is 4.62. The maximum Gasteiger partial charge on any atom is 0.0333 e. The highest BCUT2D eigenvalue weighted by Gasteiger charge is 2.16. The molecule has 0 fully saturated rings. The Morgan fingerprint density at radius 1 is 1.27 bits per heavy atom. The van der Waals surface area contributed by atoms with Gasteiger partial charge >= 0.3 is 0 Å². The number of hydrogen-bond acceptors (Lipinski definition) is 2. The van der Waals surface area contributed by atoms with Crippen molar-refractivity contribution in [1.82, 2.24) is 0 Å². The van der Waals surface area contributed by atoms with Crippen LogP contribution in [0.15, 0.2) is 18.2 Å². The van der Waals surface area contributed by atoms with Crippen LogP contribution in [0.3, 0.4) is 0 Å². The number of nitrogens with two attached hydrogens (primary N) is 2. The van der Waals surface area contributed by atoms with Crippen LogP contribution in [-0.4, -0.2) is 6.54 Å². The third kappa shape index (κ3) is 2.06. The van der Waals surface area contributed by atoms with E-state index >= 15 is 0 Å². The molecule has 0 amide bonds. The minimum absolute atomic E-state index is 0.0842. The molecule has 0 aliphatic heterocycles. The molecule has 1 aromatic rings. The molecule has 0 saturated carbocycles. The van der Waals surface area contributed by atoms with E-state index in [2.05, 4.69) is 25.1 Å². The van der Waals surface area contributed by atoms with Crippen LogP contribution in [-0.2, 0) is 12.8 Å². The smallest absolute Gasteiger partial charge is 0.0333 e. The Labute approximate surface area is 91.7 Å². The van der Waals surface area contributed by atoms with E-state index in [0.717, 1.165) is 0 Å². The van der Waals surface area contributed by atoms with E-state index in [-0.39, 0.29) is 6.04 Å². The molecule has 1 aliphatic carbocycles. The second kappa shape index (κ2) is 4.33. The Bertz CT molecular complexity index is 346. The summed E-state index contributed by atoms with van der Waals surface area (Å²) in [6.07, 6.45) is 3.74. The molecule has 2 nitrogen and oxygen atoms in total. The Balaban J connectivity index is 2.22. The molecule has 2 unspecified atom stereocenters. The van der Waals surface area contributed by atoms with Gasteiger partial charge < -0.3 is 11.5 Å². The Kier molecular flexibility index (Phi) is 3.08. The van der Waals surface area contributed by atoms with Gasteiger partial charge in [-0.2, -0.15) is 0 Å². The van der Waals surface area contributed by atoms with E-state index < -0.39 is 0 Å². The van der Waals surface area contributed by atoms with Gasteiger partial charge in [-0.05, 0) is 48.4 Å². The van der Waals surface area contributed by atoms with E-state index in [1.165, 1.54) is 36.0 Å². The van der Waals surface area contributed by atoms with Crippen molar-refractivity contribution in [2.45, 2.75) is 32.2 Å². The topological polar surface area (TPSA) is 52.0 Å². The molecule has 0 aromatic heterocycles. The highest BCUT2D eigenvalue weighted by Crippen LogP contribution is 2.26. The molecule has 0 radical (unpaired) electrons. The van der Waals surface area contributed by atoms with E-state index in [4.69, 9.17) is 11.5 Å². The largest absolute Gasteiger partial charge is 0.330 e. The fourth-order valence-corrected chi connectivity index (χ4v) is 2.27.